The number of nitrogens with zero attached hydrogens (tertiary/aromatic N) is 1. The lowest BCUT2D eigenvalue weighted by molar-refractivity contribution is 1.30. The fourth-order valence-corrected chi connectivity index (χ4v) is 0.460. The molecule has 60 valence electrons. The molecule has 0 aliphatic rings. The highest BCUT2D eigenvalue weighted by Crippen LogP contribution is 1.90. The Kier molecular flexibility index (Phi) is 6.30. The van der Waals surface area contributed by atoms with E-state index in [0.717, 1.165) is 5.70 Å². The zero-order valence-corrected chi connectivity index (χ0v) is 7.41. The maximum atomic E-state index is 4.13. The summed E-state index contributed by atoms with van der Waals surface area (Å²) in [6.07, 6.45) is 11.6. The molecular weight excluding hydrogens is 134 g/mol. The van der Waals surface area contributed by atoms with Crippen molar-refractivity contribution in [1.29, 1.82) is 0 Å². The van der Waals surface area contributed by atoms with Gasteiger partial charge in [-0.2, -0.15) is 0 Å². The van der Waals surface area contributed by atoms with Crippen molar-refractivity contribution in [3.8, 4) is 0 Å². The van der Waals surface area contributed by atoms with Crippen molar-refractivity contribution in [3.05, 3.63) is 36.1 Å². The van der Waals surface area contributed by atoms with Crippen molar-refractivity contribution >= 4 is 6.21 Å². The van der Waals surface area contributed by atoms with Crippen molar-refractivity contribution in [2.75, 3.05) is 0 Å². The Morgan fingerprint density at radius 2 is 1.82 bits per heavy atom. The van der Waals surface area contributed by atoms with Crippen LogP contribution in [0, 0.1) is 0 Å². The van der Waals surface area contributed by atoms with Crippen molar-refractivity contribution in [2.45, 2.75) is 20.8 Å². The van der Waals surface area contributed by atoms with Gasteiger partial charge in [0.05, 0.1) is 0 Å². The minimum atomic E-state index is 1.04. The third-order valence-corrected chi connectivity index (χ3v) is 1.20. The minimum absolute atomic E-state index is 1.04. The molecule has 0 heterocycles. The van der Waals surface area contributed by atoms with Gasteiger partial charge in [0.1, 0.15) is 0 Å². The molecule has 0 amide bonds. The molecule has 0 aromatic rings. The molecule has 0 spiro atoms. The van der Waals surface area contributed by atoms with E-state index in [1.807, 2.05) is 51.2 Å². The van der Waals surface area contributed by atoms with Gasteiger partial charge in [0, 0.05) is 11.9 Å². The summed E-state index contributed by atoms with van der Waals surface area (Å²) >= 11 is 0. The molecular formula is C10H15N. The molecule has 0 radical (unpaired) electrons. The van der Waals surface area contributed by atoms with E-state index in [9.17, 15) is 0 Å². The maximum absolute atomic E-state index is 4.13. The van der Waals surface area contributed by atoms with E-state index in [4.69, 9.17) is 0 Å². The van der Waals surface area contributed by atoms with Crippen LogP contribution in [0.3, 0.4) is 0 Å². The monoisotopic (exact) mass is 149 g/mol. The van der Waals surface area contributed by atoms with Gasteiger partial charge in [-0.1, -0.05) is 24.3 Å². The highest BCUT2D eigenvalue weighted by Gasteiger charge is 1.72. The quantitative estimate of drug-likeness (QED) is 0.432. The zero-order valence-electron chi connectivity index (χ0n) is 7.41. The van der Waals surface area contributed by atoms with E-state index in [2.05, 4.69) is 4.99 Å². The van der Waals surface area contributed by atoms with Crippen LogP contribution in [-0.4, -0.2) is 6.21 Å². The third-order valence-electron chi connectivity index (χ3n) is 1.20. The molecule has 0 aliphatic carbocycles. The van der Waals surface area contributed by atoms with Gasteiger partial charge in [-0.05, 0) is 26.8 Å². The summed E-state index contributed by atoms with van der Waals surface area (Å²) in [5, 5.41) is 0. The predicted molar refractivity (Wildman–Crippen MR) is 51.9 cm³/mol. The SMILES string of the molecule is C\C=C/C=C\C=N/C(C)=C/C. The van der Waals surface area contributed by atoms with Crippen LogP contribution in [-0.2, 0) is 0 Å². The predicted octanol–water partition coefficient (Wildman–Crippen LogP) is 3.11. The fourth-order valence-electron chi connectivity index (χ4n) is 0.460. The first-order valence-corrected chi connectivity index (χ1v) is 3.76. The molecule has 0 saturated heterocycles. The molecule has 0 N–H and O–H groups in total. The van der Waals surface area contributed by atoms with Crippen molar-refractivity contribution in [1.82, 2.24) is 0 Å². The first-order chi connectivity index (χ1) is 5.31. The average molecular weight is 149 g/mol. The molecule has 0 aromatic heterocycles. The van der Waals surface area contributed by atoms with Crippen LogP contribution >= 0.6 is 0 Å². The summed E-state index contributed by atoms with van der Waals surface area (Å²) in [5.41, 5.74) is 1.04. The van der Waals surface area contributed by atoms with Crippen molar-refractivity contribution < 1.29 is 0 Å². The molecule has 1 heteroatoms. The number of aliphatic imine (C=N–C) groups is 1. The van der Waals surface area contributed by atoms with Crippen LogP contribution in [0.2, 0.25) is 0 Å². The number of rotatable bonds is 3. The van der Waals surface area contributed by atoms with Crippen LogP contribution in [0.25, 0.3) is 0 Å². The largest absolute Gasteiger partial charge is 0.262 e. The fraction of sp³-hybridized carbons (Fsp3) is 0.300. The first kappa shape index (κ1) is 9.89. The van der Waals surface area contributed by atoms with E-state index in [1.54, 1.807) is 6.21 Å². The molecule has 0 rings (SSSR count). The van der Waals surface area contributed by atoms with Crippen LogP contribution in [0.1, 0.15) is 20.8 Å². The molecule has 11 heavy (non-hydrogen) atoms. The molecule has 0 atom stereocenters. The molecule has 0 bridgehead atoms. The van der Waals surface area contributed by atoms with Gasteiger partial charge in [-0.25, -0.2) is 0 Å². The number of hydrogen-bond acceptors (Lipinski definition) is 1. The third kappa shape index (κ3) is 6.78. The van der Waals surface area contributed by atoms with Gasteiger partial charge in [0.15, 0.2) is 0 Å². The number of allylic oxidation sites excluding steroid dienone is 6. The van der Waals surface area contributed by atoms with E-state index in [1.165, 1.54) is 0 Å². The minimum Gasteiger partial charge on any atom is -0.262 e. The summed E-state index contributed by atoms with van der Waals surface area (Å²) in [6.45, 7) is 5.93. The molecule has 1 nitrogen and oxygen atoms in total. The Balaban J connectivity index is 3.77. The Morgan fingerprint density at radius 1 is 1.09 bits per heavy atom. The van der Waals surface area contributed by atoms with Gasteiger partial charge in [0.2, 0.25) is 0 Å². The Labute approximate surface area is 68.9 Å². The topological polar surface area (TPSA) is 12.4 Å². The van der Waals surface area contributed by atoms with E-state index in [0.29, 0.717) is 0 Å². The van der Waals surface area contributed by atoms with Crippen LogP contribution in [0.5, 0.6) is 0 Å². The molecule has 0 aromatic carbocycles. The Hall–Kier alpha value is -1.11. The van der Waals surface area contributed by atoms with E-state index in [-0.39, 0.29) is 0 Å². The molecule has 0 aliphatic heterocycles. The lowest BCUT2D eigenvalue weighted by Crippen LogP contribution is -1.67. The van der Waals surface area contributed by atoms with Gasteiger partial charge in [-0.3, -0.25) is 4.99 Å². The highest BCUT2D eigenvalue weighted by molar-refractivity contribution is 5.72. The number of hydrogen-bond donors (Lipinski definition) is 0. The first-order valence-electron chi connectivity index (χ1n) is 3.76. The van der Waals surface area contributed by atoms with E-state index >= 15 is 0 Å². The molecule has 0 fully saturated rings. The smallest absolute Gasteiger partial charge is 0.0330 e. The second-order valence-corrected chi connectivity index (χ2v) is 2.12. The maximum Gasteiger partial charge on any atom is 0.0330 e. The average Bonchev–Trinajstić information content (AvgIpc) is 2.04. The summed E-state index contributed by atoms with van der Waals surface area (Å²) in [7, 11) is 0. The van der Waals surface area contributed by atoms with Crippen LogP contribution in [0.4, 0.5) is 0 Å². The van der Waals surface area contributed by atoms with Gasteiger partial charge >= 0.3 is 0 Å². The normalized spacial score (nSPS) is 14.3. The summed E-state index contributed by atoms with van der Waals surface area (Å²) < 4.78 is 0. The second-order valence-electron chi connectivity index (χ2n) is 2.12. The Bertz CT molecular complexity index is 195. The molecule has 0 unspecified atom stereocenters. The van der Waals surface area contributed by atoms with Crippen LogP contribution in [0.15, 0.2) is 41.1 Å². The summed E-state index contributed by atoms with van der Waals surface area (Å²) in [4.78, 5) is 4.13. The summed E-state index contributed by atoms with van der Waals surface area (Å²) in [5.74, 6) is 0. The van der Waals surface area contributed by atoms with Crippen molar-refractivity contribution in [3.63, 3.8) is 0 Å². The zero-order chi connectivity index (χ0) is 8.53. The van der Waals surface area contributed by atoms with Gasteiger partial charge in [0.25, 0.3) is 0 Å². The Morgan fingerprint density at radius 3 is 2.36 bits per heavy atom. The standard InChI is InChI=1S/C10H15N/c1-4-6-7-8-9-11-10(3)5-2/h4-9H,1-3H3/b6-4-,8-7-,10-5+,11-9-. The summed E-state index contributed by atoms with van der Waals surface area (Å²) in [6, 6.07) is 0. The second kappa shape index (κ2) is 7.00. The van der Waals surface area contributed by atoms with Crippen LogP contribution < -0.4 is 0 Å². The van der Waals surface area contributed by atoms with Gasteiger partial charge < -0.3 is 0 Å². The lowest BCUT2D eigenvalue weighted by atomic mass is 10.4. The highest BCUT2D eigenvalue weighted by atomic mass is 14.7. The lowest BCUT2D eigenvalue weighted by Gasteiger charge is -1.83. The van der Waals surface area contributed by atoms with Gasteiger partial charge in [-0.15, -0.1) is 0 Å². The van der Waals surface area contributed by atoms with Crippen molar-refractivity contribution in [2.24, 2.45) is 4.99 Å². The molecule has 0 saturated carbocycles. The van der Waals surface area contributed by atoms with E-state index < -0.39 is 0 Å².